The second-order valence-electron chi connectivity index (χ2n) is 9.82. The smallest absolute Gasteiger partial charge is 0.137 e. The van der Waals surface area contributed by atoms with Crippen molar-refractivity contribution < 1.29 is 9.59 Å². The Labute approximate surface area is 194 Å². The molecule has 0 bridgehead atoms. The molecule has 3 rings (SSSR count). The van der Waals surface area contributed by atoms with Crippen LogP contribution >= 0.6 is 0 Å². The molecule has 0 spiro atoms. The Bertz CT molecular complexity index is 878. The van der Waals surface area contributed by atoms with Crippen LogP contribution in [0.4, 0.5) is 0 Å². The summed E-state index contributed by atoms with van der Waals surface area (Å²) in [5, 5.41) is 0. The molecule has 0 N–H and O–H groups in total. The van der Waals surface area contributed by atoms with Gasteiger partial charge in [0.2, 0.25) is 0 Å². The minimum atomic E-state index is -0.128. The van der Waals surface area contributed by atoms with Gasteiger partial charge in [-0.2, -0.15) is 0 Å². The van der Waals surface area contributed by atoms with Crippen LogP contribution in [-0.2, 0) is 9.59 Å². The molecule has 172 valence electrons. The number of aryl methyl sites for hydroxylation is 2. The number of hydrogen-bond acceptors (Lipinski definition) is 2. The summed E-state index contributed by atoms with van der Waals surface area (Å²) in [4.78, 5) is 27.3. The molecule has 2 aromatic carbocycles. The summed E-state index contributed by atoms with van der Waals surface area (Å²) >= 11 is 0. The summed E-state index contributed by atoms with van der Waals surface area (Å²) in [5.41, 5.74) is 4.72. The first-order valence-electron chi connectivity index (χ1n) is 12.6. The third kappa shape index (κ3) is 5.77. The Morgan fingerprint density at radius 1 is 0.812 bits per heavy atom. The summed E-state index contributed by atoms with van der Waals surface area (Å²) in [6, 6.07) is 17.1. The SMILES string of the molecule is CCCCCC(=O)[C@@H]1[C@@H](c2ccc(C)cc2)[C@@H](CCCC)C(=O)C[C@@H]1c1ccc(C)cc1. The van der Waals surface area contributed by atoms with Crippen molar-refractivity contribution in [1.82, 2.24) is 0 Å². The zero-order valence-electron chi connectivity index (χ0n) is 20.4. The van der Waals surface area contributed by atoms with Gasteiger partial charge in [-0.3, -0.25) is 9.59 Å². The van der Waals surface area contributed by atoms with Crippen molar-refractivity contribution in [2.24, 2.45) is 11.8 Å². The molecule has 0 saturated heterocycles. The van der Waals surface area contributed by atoms with E-state index in [0.717, 1.165) is 49.7 Å². The highest BCUT2D eigenvalue weighted by Gasteiger charge is 2.47. The summed E-state index contributed by atoms with van der Waals surface area (Å²) in [6.07, 6.45) is 7.24. The van der Waals surface area contributed by atoms with E-state index in [1.165, 1.54) is 11.1 Å². The van der Waals surface area contributed by atoms with Crippen LogP contribution < -0.4 is 0 Å². The molecule has 1 aliphatic carbocycles. The van der Waals surface area contributed by atoms with Crippen LogP contribution in [0.1, 0.15) is 99.3 Å². The van der Waals surface area contributed by atoms with Gasteiger partial charge in [0, 0.05) is 36.5 Å². The van der Waals surface area contributed by atoms with E-state index in [-0.39, 0.29) is 23.7 Å². The third-order valence-corrected chi connectivity index (χ3v) is 7.32. The Balaban J connectivity index is 2.07. The zero-order valence-corrected chi connectivity index (χ0v) is 20.4. The molecule has 0 heterocycles. The molecule has 2 aromatic rings. The number of unbranched alkanes of at least 4 members (excludes halogenated alkanes) is 3. The summed E-state index contributed by atoms with van der Waals surface area (Å²) in [7, 11) is 0. The van der Waals surface area contributed by atoms with Crippen LogP contribution in [0.15, 0.2) is 48.5 Å². The molecular weight excluding hydrogens is 392 g/mol. The quantitative estimate of drug-likeness (QED) is 0.360. The fourth-order valence-corrected chi connectivity index (χ4v) is 5.47. The number of ketones is 2. The largest absolute Gasteiger partial charge is 0.299 e. The molecule has 4 atom stereocenters. The predicted octanol–water partition coefficient (Wildman–Crippen LogP) is 7.72. The third-order valence-electron chi connectivity index (χ3n) is 7.32. The first-order chi connectivity index (χ1) is 15.5. The van der Waals surface area contributed by atoms with Gasteiger partial charge in [-0.1, -0.05) is 99.2 Å². The summed E-state index contributed by atoms with van der Waals surface area (Å²) in [5.74, 6) is 0.456. The maximum atomic E-state index is 13.8. The van der Waals surface area contributed by atoms with Crippen molar-refractivity contribution in [2.75, 3.05) is 0 Å². The lowest BCUT2D eigenvalue weighted by molar-refractivity contribution is -0.133. The van der Waals surface area contributed by atoms with E-state index in [1.807, 2.05) is 0 Å². The summed E-state index contributed by atoms with van der Waals surface area (Å²) in [6.45, 7) is 8.53. The molecule has 0 aliphatic heterocycles. The molecule has 1 aliphatic rings. The number of rotatable bonds is 10. The Hall–Kier alpha value is -2.22. The number of Topliss-reactive ketones (excluding diaryl/α,β-unsaturated/α-hetero) is 2. The lowest BCUT2D eigenvalue weighted by Crippen LogP contribution is -2.42. The van der Waals surface area contributed by atoms with Crippen LogP contribution in [0.2, 0.25) is 0 Å². The van der Waals surface area contributed by atoms with Crippen LogP contribution in [0.3, 0.4) is 0 Å². The molecule has 0 aromatic heterocycles. The maximum absolute atomic E-state index is 13.8. The van der Waals surface area contributed by atoms with Crippen molar-refractivity contribution in [1.29, 1.82) is 0 Å². The zero-order chi connectivity index (χ0) is 23.1. The monoisotopic (exact) mass is 432 g/mol. The predicted molar refractivity (Wildman–Crippen MR) is 133 cm³/mol. The molecule has 2 heteroatoms. The Kier molecular flexibility index (Phi) is 8.84. The van der Waals surface area contributed by atoms with E-state index >= 15 is 0 Å². The lowest BCUT2D eigenvalue weighted by Gasteiger charge is -2.42. The lowest BCUT2D eigenvalue weighted by atomic mass is 9.59. The average Bonchev–Trinajstić information content (AvgIpc) is 2.79. The first kappa shape index (κ1) is 24.4. The minimum absolute atomic E-state index is 0.0242. The number of benzene rings is 2. The molecule has 0 radical (unpaired) electrons. The molecule has 1 fully saturated rings. The van der Waals surface area contributed by atoms with Gasteiger partial charge in [0.1, 0.15) is 11.6 Å². The molecular formula is C30H40O2. The maximum Gasteiger partial charge on any atom is 0.137 e. The first-order valence-corrected chi connectivity index (χ1v) is 12.6. The Morgan fingerprint density at radius 3 is 1.94 bits per heavy atom. The number of carbonyl (C=O) groups excluding carboxylic acids is 2. The van der Waals surface area contributed by atoms with Crippen molar-refractivity contribution in [3.63, 3.8) is 0 Å². The molecule has 0 unspecified atom stereocenters. The van der Waals surface area contributed by atoms with Gasteiger partial charge in [-0.15, -0.1) is 0 Å². The van der Waals surface area contributed by atoms with E-state index < -0.39 is 0 Å². The highest BCUT2D eigenvalue weighted by molar-refractivity contribution is 5.90. The Morgan fingerprint density at radius 2 is 1.38 bits per heavy atom. The van der Waals surface area contributed by atoms with Crippen molar-refractivity contribution in [2.45, 2.75) is 90.9 Å². The van der Waals surface area contributed by atoms with Crippen molar-refractivity contribution in [3.8, 4) is 0 Å². The van der Waals surface area contributed by atoms with E-state index in [0.29, 0.717) is 24.4 Å². The van der Waals surface area contributed by atoms with Gasteiger partial charge in [0.25, 0.3) is 0 Å². The minimum Gasteiger partial charge on any atom is -0.299 e. The van der Waals surface area contributed by atoms with Gasteiger partial charge < -0.3 is 0 Å². The average molecular weight is 433 g/mol. The van der Waals surface area contributed by atoms with Gasteiger partial charge in [0.05, 0.1) is 0 Å². The second kappa shape index (κ2) is 11.6. The van der Waals surface area contributed by atoms with Crippen LogP contribution in [-0.4, -0.2) is 11.6 Å². The fraction of sp³-hybridized carbons (Fsp3) is 0.533. The van der Waals surface area contributed by atoms with Gasteiger partial charge in [-0.05, 0) is 37.8 Å². The molecule has 0 amide bonds. The van der Waals surface area contributed by atoms with Gasteiger partial charge >= 0.3 is 0 Å². The molecule has 1 saturated carbocycles. The second-order valence-corrected chi connectivity index (χ2v) is 9.82. The van der Waals surface area contributed by atoms with Gasteiger partial charge in [0.15, 0.2) is 0 Å². The standard InChI is InChI=1S/C30H40O2/c1-5-7-9-11-27(31)30-26(23-16-12-21(3)13-17-23)20-28(32)25(10-8-6-2)29(30)24-18-14-22(4)15-19-24/h12-19,25-26,29-30H,5-11,20H2,1-4H3/t25-,26+,29-,30+/m0/s1. The number of carbonyl (C=O) groups is 2. The molecule has 2 nitrogen and oxygen atoms in total. The van der Waals surface area contributed by atoms with Crippen LogP contribution in [0.5, 0.6) is 0 Å². The van der Waals surface area contributed by atoms with E-state index in [2.05, 4.69) is 76.2 Å². The number of hydrogen-bond donors (Lipinski definition) is 0. The van der Waals surface area contributed by atoms with E-state index in [4.69, 9.17) is 0 Å². The van der Waals surface area contributed by atoms with Crippen molar-refractivity contribution >= 4 is 11.6 Å². The summed E-state index contributed by atoms with van der Waals surface area (Å²) < 4.78 is 0. The van der Waals surface area contributed by atoms with Crippen LogP contribution in [0.25, 0.3) is 0 Å². The van der Waals surface area contributed by atoms with E-state index in [1.54, 1.807) is 0 Å². The highest BCUT2D eigenvalue weighted by atomic mass is 16.1. The van der Waals surface area contributed by atoms with E-state index in [9.17, 15) is 9.59 Å². The molecule has 32 heavy (non-hydrogen) atoms. The van der Waals surface area contributed by atoms with Gasteiger partial charge in [-0.25, -0.2) is 0 Å². The highest BCUT2D eigenvalue weighted by Crippen LogP contribution is 2.50. The van der Waals surface area contributed by atoms with Crippen LogP contribution in [0, 0.1) is 25.7 Å². The normalized spacial score (nSPS) is 23.3. The fourth-order valence-electron chi connectivity index (χ4n) is 5.47. The van der Waals surface area contributed by atoms with Crippen molar-refractivity contribution in [3.05, 3.63) is 70.8 Å². The topological polar surface area (TPSA) is 34.1 Å².